The fraction of sp³-hybridized carbons (Fsp3) is 0.417. The number of benzene rings is 1. The Bertz CT molecular complexity index is 237. The second kappa shape index (κ2) is 4.43. The summed E-state index contributed by atoms with van der Waals surface area (Å²) in [6, 6.07) is 10.8. The Morgan fingerprint density at radius 2 is 2.08 bits per heavy atom. The summed E-state index contributed by atoms with van der Waals surface area (Å²) in [5, 5.41) is 3.28. The van der Waals surface area contributed by atoms with E-state index in [1.165, 1.54) is 24.8 Å². The molecule has 0 saturated carbocycles. The summed E-state index contributed by atoms with van der Waals surface area (Å²) < 4.78 is 0. The molecule has 1 nitrogen and oxygen atoms in total. The lowest BCUT2D eigenvalue weighted by molar-refractivity contribution is 0.410. The van der Waals surface area contributed by atoms with Crippen LogP contribution in [0.15, 0.2) is 30.3 Å². The molecular weight excluding hydrogens is 158 g/mol. The molecule has 1 aromatic carbocycles. The Kier molecular flexibility index (Phi) is 2.98. The van der Waals surface area contributed by atoms with Crippen molar-refractivity contribution in [1.82, 2.24) is 5.32 Å². The topological polar surface area (TPSA) is 12.0 Å². The first-order chi connectivity index (χ1) is 6.45. The van der Waals surface area contributed by atoms with E-state index in [2.05, 4.69) is 42.2 Å². The van der Waals surface area contributed by atoms with E-state index < -0.39 is 0 Å². The van der Waals surface area contributed by atoms with Gasteiger partial charge < -0.3 is 5.32 Å². The van der Waals surface area contributed by atoms with Crippen molar-refractivity contribution in [2.24, 2.45) is 5.92 Å². The van der Waals surface area contributed by atoms with Gasteiger partial charge in [-0.05, 0) is 37.3 Å². The average Bonchev–Trinajstić information content (AvgIpc) is 2.21. The van der Waals surface area contributed by atoms with Crippen LogP contribution in [0.5, 0.6) is 0 Å². The molecule has 1 aliphatic rings. The van der Waals surface area contributed by atoms with Crippen LogP contribution in [0.4, 0.5) is 0 Å². The van der Waals surface area contributed by atoms with Crippen molar-refractivity contribution in [3.8, 4) is 0 Å². The molecule has 0 spiro atoms. The van der Waals surface area contributed by atoms with Crippen LogP contribution in [0.2, 0.25) is 0 Å². The molecule has 1 heterocycles. The fourth-order valence-electron chi connectivity index (χ4n) is 1.89. The second-order valence-electron chi connectivity index (χ2n) is 3.74. The van der Waals surface area contributed by atoms with Crippen molar-refractivity contribution in [2.75, 3.05) is 6.54 Å². The van der Waals surface area contributed by atoms with Crippen molar-refractivity contribution < 1.29 is 0 Å². The third kappa shape index (κ3) is 2.56. The van der Waals surface area contributed by atoms with E-state index in [-0.39, 0.29) is 0 Å². The van der Waals surface area contributed by atoms with Crippen LogP contribution in [0.25, 0.3) is 0 Å². The number of piperidine rings is 1. The average molecular weight is 174 g/mol. The molecule has 69 valence electrons. The number of nitrogens with one attached hydrogen (secondary N) is 1. The van der Waals surface area contributed by atoms with Crippen molar-refractivity contribution in [3.05, 3.63) is 42.4 Å². The van der Waals surface area contributed by atoms with E-state index >= 15 is 0 Å². The summed E-state index contributed by atoms with van der Waals surface area (Å²) in [5.41, 5.74) is 1.47. The SMILES string of the molecule is [CH]1CC(Cc2ccccc2)CCN1. The third-order valence-electron chi connectivity index (χ3n) is 2.66. The highest BCUT2D eigenvalue weighted by Crippen LogP contribution is 2.18. The molecule has 1 atom stereocenters. The van der Waals surface area contributed by atoms with Gasteiger partial charge in [0.2, 0.25) is 0 Å². The van der Waals surface area contributed by atoms with Gasteiger partial charge in [-0.15, -0.1) is 0 Å². The van der Waals surface area contributed by atoms with Crippen LogP contribution in [0, 0.1) is 12.5 Å². The first kappa shape index (κ1) is 8.76. The Morgan fingerprint density at radius 1 is 1.23 bits per heavy atom. The largest absolute Gasteiger partial charge is 0.312 e. The first-order valence-electron chi connectivity index (χ1n) is 5.04. The van der Waals surface area contributed by atoms with Crippen LogP contribution in [-0.2, 0) is 6.42 Å². The van der Waals surface area contributed by atoms with E-state index in [1.54, 1.807) is 0 Å². The van der Waals surface area contributed by atoms with Gasteiger partial charge in [0, 0.05) is 6.54 Å². The molecule has 1 aromatic rings. The quantitative estimate of drug-likeness (QED) is 0.726. The lowest BCUT2D eigenvalue weighted by Gasteiger charge is -2.22. The van der Waals surface area contributed by atoms with Gasteiger partial charge in [0.25, 0.3) is 0 Å². The van der Waals surface area contributed by atoms with Gasteiger partial charge in [-0.1, -0.05) is 30.3 Å². The third-order valence-corrected chi connectivity index (χ3v) is 2.66. The maximum Gasteiger partial charge on any atom is 0.0224 e. The van der Waals surface area contributed by atoms with Crippen LogP contribution in [0.1, 0.15) is 18.4 Å². The molecule has 1 aliphatic heterocycles. The molecule has 1 saturated heterocycles. The van der Waals surface area contributed by atoms with Crippen molar-refractivity contribution in [3.63, 3.8) is 0 Å². The molecule has 1 fully saturated rings. The minimum Gasteiger partial charge on any atom is -0.312 e. The standard InChI is InChI=1S/C12H16N/c1-2-4-11(5-3-1)10-12-6-8-13-9-7-12/h1-5,8,12-13H,6-7,9-10H2. The zero-order valence-electron chi connectivity index (χ0n) is 7.87. The highest BCUT2D eigenvalue weighted by molar-refractivity contribution is 5.15. The fourth-order valence-corrected chi connectivity index (χ4v) is 1.89. The van der Waals surface area contributed by atoms with E-state index in [0.29, 0.717) is 0 Å². The van der Waals surface area contributed by atoms with Crippen molar-refractivity contribution >= 4 is 0 Å². The Labute approximate surface area is 80.2 Å². The van der Waals surface area contributed by atoms with Crippen molar-refractivity contribution in [1.29, 1.82) is 0 Å². The van der Waals surface area contributed by atoms with Crippen LogP contribution in [-0.4, -0.2) is 6.54 Å². The molecule has 2 rings (SSSR count). The smallest absolute Gasteiger partial charge is 0.0224 e. The maximum atomic E-state index is 3.28. The molecule has 1 radical (unpaired) electrons. The number of rotatable bonds is 2. The highest BCUT2D eigenvalue weighted by Gasteiger charge is 2.12. The summed E-state index contributed by atoms with van der Waals surface area (Å²) in [4.78, 5) is 0. The molecule has 1 heteroatoms. The Morgan fingerprint density at radius 3 is 2.77 bits per heavy atom. The summed E-state index contributed by atoms with van der Waals surface area (Å²) >= 11 is 0. The van der Waals surface area contributed by atoms with Crippen LogP contribution in [0.3, 0.4) is 0 Å². The number of hydrogen-bond donors (Lipinski definition) is 1. The van der Waals surface area contributed by atoms with Crippen molar-refractivity contribution in [2.45, 2.75) is 19.3 Å². The lowest BCUT2D eigenvalue weighted by atomic mass is 9.91. The van der Waals surface area contributed by atoms with Gasteiger partial charge in [-0.25, -0.2) is 0 Å². The molecule has 1 N–H and O–H groups in total. The zero-order valence-corrected chi connectivity index (χ0v) is 7.87. The van der Waals surface area contributed by atoms with Gasteiger partial charge in [-0.2, -0.15) is 0 Å². The maximum absolute atomic E-state index is 3.28. The predicted octanol–water partition coefficient (Wildman–Crippen LogP) is 2.39. The molecule has 0 amide bonds. The molecule has 0 aromatic heterocycles. The minimum atomic E-state index is 0.851. The highest BCUT2D eigenvalue weighted by atomic mass is 14.9. The van der Waals surface area contributed by atoms with Gasteiger partial charge in [-0.3, -0.25) is 0 Å². The molecule has 0 bridgehead atoms. The van der Waals surface area contributed by atoms with E-state index in [0.717, 1.165) is 12.5 Å². The summed E-state index contributed by atoms with van der Waals surface area (Å²) in [6.07, 6.45) is 3.76. The molecule has 13 heavy (non-hydrogen) atoms. The Hall–Kier alpha value is -0.820. The van der Waals surface area contributed by atoms with Gasteiger partial charge in [0.1, 0.15) is 0 Å². The molecule has 0 aliphatic carbocycles. The minimum absolute atomic E-state index is 0.851. The summed E-state index contributed by atoms with van der Waals surface area (Å²) in [6.45, 7) is 3.36. The van der Waals surface area contributed by atoms with E-state index in [4.69, 9.17) is 0 Å². The monoisotopic (exact) mass is 174 g/mol. The molecule has 1 unspecified atom stereocenters. The predicted molar refractivity (Wildman–Crippen MR) is 55.2 cm³/mol. The number of hydrogen-bond acceptors (Lipinski definition) is 1. The van der Waals surface area contributed by atoms with Gasteiger partial charge in [0.05, 0.1) is 0 Å². The van der Waals surface area contributed by atoms with Gasteiger partial charge in [0.15, 0.2) is 0 Å². The second-order valence-corrected chi connectivity index (χ2v) is 3.74. The van der Waals surface area contributed by atoms with E-state index in [1.807, 2.05) is 0 Å². The summed E-state index contributed by atoms with van der Waals surface area (Å²) in [7, 11) is 0. The lowest BCUT2D eigenvalue weighted by Crippen LogP contribution is -2.24. The normalized spacial score (nSPS) is 18.8. The zero-order chi connectivity index (χ0) is 8.93. The van der Waals surface area contributed by atoms with Gasteiger partial charge >= 0.3 is 0 Å². The van der Waals surface area contributed by atoms with Crippen LogP contribution >= 0.6 is 0 Å². The first-order valence-corrected chi connectivity index (χ1v) is 5.04. The van der Waals surface area contributed by atoms with Crippen LogP contribution < -0.4 is 5.32 Å². The summed E-state index contributed by atoms with van der Waals surface area (Å²) in [5.74, 6) is 0.851. The Balaban J connectivity index is 1.90. The molecular formula is C12H16N. The van der Waals surface area contributed by atoms with E-state index in [9.17, 15) is 0 Å².